The molecule has 0 amide bonds. The second-order valence-corrected chi connectivity index (χ2v) is 6.57. The van der Waals surface area contributed by atoms with Crippen molar-refractivity contribution in [3.05, 3.63) is 0 Å². The van der Waals surface area contributed by atoms with Crippen LogP contribution in [0.3, 0.4) is 0 Å². The molecule has 1 aliphatic heterocycles. The lowest BCUT2D eigenvalue weighted by atomic mass is 10.1. The van der Waals surface area contributed by atoms with Gasteiger partial charge in [0.15, 0.2) is 0 Å². The maximum absolute atomic E-state index is 6.04. The Labute approximate surface area is 140 Å². The van der Waals surface area contributed by atoms with E-state index in [4.69, 9.17) is 9.47 Å². The monoisotopic (exact) mass is 648 g/mol. The van der Waals surface area contributed by atoms with E-state index in [1.807, 2.05) is 0 Å². The summed E-state index contributed by atoms with van der Waals surface area (Å²) in [6.45, 7) is 0. The summed E-state index contributed by atoms with van der Waals surface area (Å²) in [6.07, 6.45) is 1.14. The van der Waals surface area contributed by atoms with Gasteiger partial charge in [0.25, 0.3) is 0 Å². The minimum Gasteiger partial charge on any atom is -0.368 e. The molecule has 84 valence electrons. The van der Waals surface area contributed by atoms with E-state index >= 15 is 0 Å². The van der Waals surface area contributed by atoms with Crippen LogP contribution in [0, 0.1) is 0 Å². The Morgan fingerprint density at radius 2 is 0.786 bits per heavy atom. The van der Waals surface area contributed by atoms with E-state index in [2.05, 4.69) is 90.4 Å². The van der Waals surface area contributed by atoms with Crippen molar-refractivity contribution in [2.45, 2.75) is 24.4 Å². The minimum atomic E-state index is 0.284. The van der Waals surface area contributed by atoms with E-state index in [-0.39, 0.29) is 24.4 Å². The number of hydrogen-bond acceptors (Lipinski definition) is 2. The van der Waals surface area contributed by atoms with Gasteiger partial charge in [0.05, 0.1) is 24.4 Å². The maximum Gasteiger partial charge on any atom is 0.0938 e. The van der Waals surface area contributed by atoms with Gasteiger partial charge in [-0.2, -0.15) is 0 Å². The lowest BCUT2D eigenvalue weighted by Crippen LogP contribution is -2.52. The minimum absolute atomic E-state index is 0.284. The topological polar surface area (TPSA) is 18.5 Å². The van der Waals surface area contributed by atoms with Crippen molar-refractivity contribution in [2.24, 2.45) is 0 Å². The zero-order valence-electron chi connectivity index (χ0n) is 7.47. The van der Waals surface area contributed by atoms with Crippen LogP contribution in [0.15, 0.2) is 0 Å². The fourth-order valence-corrected chi connectivity index (χ4v) is 4.44. The number of rotatable bonds is 4. The van der Waals surface area contributed by atoms with Crippen LogP contribution in [-0.2, 0) is 9.47 Å². The zero-order valence-corrected chi connectivity index (χ0v) is 16.1. The van der Waals surface area contributed by atoms with Gasteiger partial charge in [-0.05, 0) is 0 Å². The molecule has 14 heavy (non-hydrogen) atoms. The molecule has 4 unspecified atom stereocenters. The first-order valence-electron chi connectivity index (χ1n) is 4.31. The summed E-state index contributed by atoms with van der Waals surface area (Å²) in [6, 6.07) is 0. The van der Waals surface area contributed by atoms with E-state index in [9.17, 15) is 0 Å². The molecule has 0 radical (unpaired) electrons. The molecular weight excluding hydrogens is 636 g/mol. The third kappa shape index (κ3) is 3.95. The van der Waals surface area contributed by atoms with Gasteiger partial charge < -0.3 is 9.47 Å². The third-order valence-electron chi connectivity index (χ3n) is 2.14. The molecule has 0 bridgehead atoms. The van der Waals surface area contributed by atoms with Crippen molar-refractivity contribution in [1.82, 2.24) is 0 Å². The van der Waals surface area contributed by atoms with Gasteiger partial charge >= 0.3 is 0 Å². The Hall–Kier alpha value is 2.84. The Morgan fingerprint density at radius 3 is 0.929 bits per heavy atom. The third-order valence-corrected chi connectivity index (χ3v) is 5.61. The van der Waals surface area contributed by atoms with Crippen molar-refractivity contribution >= 4 is 90.4 Å². The predicted octanol–water partition coefficient (Wildman–Crippen LogP) is 3.25. The lowest BCUT2D eigenvalue weighted by Gasteiger charge is -2.39. The molecule has 4 atom stereocenters. The predicted molar refractivity (Wildman–Crippen MR) is 92.9 cm³/mol. The average Bonchev–Trinajstić information content (AvgIpc) is 2.26. The van der Waals surface area contributed by atoms with Gasteiger partial charge in [-0.15, -0.1) is 0 Å². The fraction of sp³-hybridized carbons (Fsp3) is 1.00. The van der Waals surface area contributed by atoms with Crippen molar-refractivity contribution in [3.8, 4) is 0 Å². The van der Waals surface area contributed by atoms with Crippen molar-refractivity contribution < 1.29 is 9.47 Å². The van der Waals surface area contributed by atoms with Crippen molar-refractivity contribution in [3.63, 3.8) is 0 Å². The van der Waals surface area contributed by atoms with Crippen molar-refractivity contribution in [2.75, 3.05) is 17.7 Å². The molecule has 0 aliphatic carbocycles. The smallest absolute Gasteiger partial charge is 0.0938 e. The summed E-state index contributed by atoms with van der Waals surface area (Å²) in [5, 5.41) is 0. The first-order chi connectivity index (χ1) is 6.76. The molecule has 0 aromatic heterocycles. The van der Waals surface area contributed by atoms with E-state index in [1.54, 1.807) is 0 Å². The molecular formula is C8H12I4O2. The average molecular weight is 648 g/mol. The summed E-state index contributed by atoms with van der Waals surface area (Å²) in [4.78, 5) is 0. The second kappa shape index (κ2) is 8.03. The Balaban J connectivity index is 2.59. The summed E-state index contributed by atoms with van der Waals surface area (Å²) in [5.41, 5.74) is 0. The van der Waals surface area contributed by atoms with Gasteiger partial charge in [0, 0.05) is 17.7 Å². The van der Waals surface area contributed by atoms with Gasteiger partial charge in [-0.25, -0.2) is 0 Å². The molecule has 0 aromatic carbocycles. The van der Waals surface area contributed by atoms with Gasteiger partial charge in [0.2, 0.25) is 0 Å². The standard InChI is InChI=1S/C8H12I4O2/c9-1-5-6(2-10)14-8(4-12)7(3-11)13-5/h5-8H,1-4H2. The summed E-state index contributed by atoms with van der Waals surface area (Å²) < 4.78 is 16.2. The molecule has 0 aromatic rings. The van der Waals surface area contributed by atoms with Crippen molar-refractivity contribution in [1.29, 1.82) is 0 Å². The largest absolute Gasteiger partial charge is 0.368 e. The Bertz CT molecular complexity index is 135. The number of halogens is 4. The number of hydrogen-bond donors (Lipinski definition) is 0. The quantitative estimate of drug-likeness (QED) is 0.345. The Kier molecular flexibility index (Phi) is 8.55. The first-order valence-corrected chi connectivity index (χ1v) is 10.4. The molecule has 0 N–H and O–H groups in total. The molecule has 1 saturated heterocycles. The molecule has 1 fully saturated rings. The van der Waals surface area contributed by atoms with Crippen LogP contribution in [0.4, 0.5) is 0 Å². The summed E-state index contributed by atoms with van der Waals surface area (Å²) in [7, 11) is 0. The number of ether oxygens (including phenoxy) is 2. The molecule has 1 aliphatic rings. The van der Waals surface area contributed by atoms with Crippen LogP contribution >= 0.6 is 90.4 Å². The van der Waals surface area contributed by atoms with Crippen LogP contribution in [-0.4, -0.2) is 42.1 Å². The normalized spacial score (nSPS) is 38.6. The Morgan fingerprint density at radius 1 is 0.571 bits per heavy atom. The van der Waals surface area contributed by atoms with Crippen LogP contribution in [0.1, 0.15) is 0 Å². The van der Waals surface area contributed by atoms with Crippen LogP contribution in [0.2, 0.25) is 0 Å². The van der Waals surface area contributed by atoms with Crippen LogP contribution in [0.25, 0.3) is 0 Å². The molecule has 6 heteroatoms. The molecule has 0 spiro atoms. The van der Waals surface area contributed by atoms with Gasteiger partial charge in [-0.1, -0.05) is 90.4 Å². The SMILES string of the molecule is ICC1OC(CI)C(CI)OC1CI. The highest BCUT2D eigenvalue weighted by molar-refractivity contribution is 14.1. The summed E-state index contributed by atoms with van der Waals surface area (Å²) >= 11 is 9.51. The molecule has 1 heterocycles. The molecule has 0 saturated carbocycles. The van der Waals surface area contributed by atoms with E-state index in [0.717, 1.165) is 17.7 Å². The van der Waals surface area contributed by atoms with Gasteiger partial charge in [-0.3, -0.25) is 0 Å². The highest BCUT2D eigenvalue weighted by Gasteiger charge is 2.36. The van der Waals surface area contributed by atoms with Gasteiger partial charge in [0.1, 0.15) is 0 Å². The highest BCUT2D eigenvalue weighted by Crippen LogP contribution is 2.25. The van der Waals surface area contributed by atoms with Crippen LogP contribution < -0.4 is 0 Å². The fourth-order valence-electron chi connectivity index (χ4n) is 1.34. The highest BCUT2D eigenvalue weighted by atomic mass is 127. The second-order valence-electron chi connectivity index (χ2n) is 3.04. The van der Waals surface area contributed by atoms with E-state index in [1.165, 1.54) is 0 Å². The van der Waals surface area contributed by atoms with E-state index in [0.29, 0.717) is 0 Å². The number of alkyl halides is 4. The molecule has 1 rings (SSSR count). The van der Waals surface area contributed by atoms with Crippen LogP contribution in [0.5, 0.6) is 0 Å². The maximum atomic E-state index is 6.04. The first kappa shape index (κ1) is 14.9. The zero-order chi connectivity index (χ0) is 10.6. The molecule has 2 nitrogen and oxygen atoms in total. The summed E-state index contributed by atoms with van der Waals surface area (Å²) in [5.74, 6) is 0. The van der Waals surface area contributed by atoms with E-state index < -0.39 is 0 Å². The lowest BCUT2D eigenvalue weighted by molar-refractivity contribution is -0.187.